The summed E-state index contributed by atoms with van der Waals surface area (Å²) in [5, 5.41) is 16.9. The SMILES string of the molecule is O=C(C[C@H](c1ccsc1)n1cccc1)Nc1nnc(C2CC2)s1. The summed E-state index contributed by atoms with van der Waals surface area (Å²) in [6.07, 6.45) is 6.74. The fourth-order valence-electron chi connectivity index (χ4n) is 2.54. The summed E-state index contributed by atoms with van der Waals surface area (Å²) in [7, 11) is 0. The molecule has 3 heterocycles. The predicted molar refractivity (Wildman–Crippen MR) is 92.0 cm³/mol. The van der Waals surface area contributed by atoms with Gasteiger partial charge in [-0.3, -0.25) is 4.79 Å². The molecule has 0 aliphatic heterocycles. The number of anilines is 1. The number of thiophene rings is 1. The highest BCUT2D eigenvalue weighted by Gasteiger charge is 2.28. The molecule has 1 saturated carbocycles. The lowest BCUT2D eigenvalue weighted by Gasteiger charge is -2.17. The Balaban J connectivity index is 1.46. The van der Waals surface area contributed by atoms with Crippen LogP contribution < -0.4 is 5.32 Å². The van der Waals surface area contributed by atoms with E-state index in [1.54, 1.807) is 11.3 Å². The van der Waals surface area contributed by atoms with Gasteiger partial charge >= 0.3 is 0 Å². The van der Waals surface area contributed by atoms with Crippen molar-refractivity contribution in [2.24, 2.45) is 0 Å². The Labute approximate surface area is 142 Å². The third kappa shape index (κ3) is 3.35. The van der Waals surface area contributed by atoms with E-state index in [2.05, 4.69) is 31.5 Å². The van der Waals surface area contributed by atoms with Gasteiger partial charge in [0, 0.05) is 18.3 Å². The number of rotatable bonds is 6. The van der Waals surface area contributed by atoms with Crippen molar-refractivity contribution >= 4 is 33.7 Å². The number of amides is 1. The predicted octanol–water partition coefficient (Wildman–Crippen LogP) is 3.90. The van der Waals surface area contributed by atoms with Gasteiger partial charge in [0.1, 0.15) is 5.01 Å². The van der Waals surface area contributed by atoms with E-state index >= 15 is 0 Å². The van der Waals surface area contributed by atoms with Crippen LogP contribution in [0.1, 0.15) is 41.8 Å². The van der Waals surface area contributed by atoms with Gasteiger partial charge in [0.15, 0.2) is 0 Å². The zero-order valence-electron chi connectivity index (χ0n) is 12.4. The summed E-state index contributed by atoms with van der Waals surface area (Å²) in [5.41, 5.74) is 1.15. The van der Waals surface area contributed by atoms with E-state index in [0.29, 0.717) is 17.5 Å². The lowest BCUT2D eigenvalue weighted by Crippen LogP contribution is -2.19. The van der Waals surface area contributed by atoms with Gasteiger partial charge in [-0.05, 0) is 47.4 Å². The van der Waals surface area contributed by atoms with Gasteiger partial charge < -0.3 is 9.88 Å². The molecule has 1 N–H and O–H groups in total. The first-order valence-corrected chi connectivity index (χ1v) is 9.33. The van der Waals surface area contributed by atoms with Crippen molar-refractivity contribution in [2.45, 2.75) is 31.2 Å². The van der Waals surface area contributed by atoms with Crippen molar-refractivity contribution in [3.63, 3.8) is 0 Å². The summed E-state index contributed by atoms with van der Waals surface area (Å²) in [4.78, 5) is 12.4. The third-order valence-corrected chi connectivity index (χ3v) is 5.61. The molecule has 5 nitrogen and oxygen atoms in total. The van der Waals surface area contributed by atoms with Crippen molar-refractivity contribution in [3.8, 4) is 0 Å². The molecule has 3 aromatic heterocycles. The molecule has 0 spiro atoms. The van der Waals surface area contributed by atoms with Crippen molar-refractivity contribution in [2.75, 3.05) is 5.32 Å². The van der Waals surface area contributed by atoms with Crippen LogP contribution in [0.25, 0.3) is 0 Å². The Hall–Kier alpha value is -1.99. The first-order valence-electron chi connectivity index (χ1n) is 7.57. The van der Waals surface area contributed by atoms with E-state index in [1.165, 1.54) is 24.2 Å². The van der Waals surface area contributed by atoms with Crippen LogP contribution in [-0.4, -0.2) is 20.7 Å². The Bertz CT molecular complexity index is 741. The summed E-state index contributed by atoms with van der Waals surface area (Å²) >= 11 is 3.14. The molecule has 1 aliphatic rings. The summed E-state index contributed by atoms with van der Waals surface area (Å²) in [6.45, 7) is 0. The molecule has 118 valence electrons. The molecule has 1 atom stereocenters. The van der Waals surface area contributed by atoms with Crippen LogP contribution in [-0.2, 0) is 4.79 Å². The van der Waals surface area contributed by atoms with Crippen molar-refractivity contribution in [3.05, 3.63) is 51.9 Å². The van der Waals surface area contributed by atoms with E-state index in [9.17, 15) is 4.79 Å². The van der Waals surface area contributed by atoms with E-state index in [4.69, 9.17) is 0 Å². The molecule has 3 aromatic rings. The van der Waals surface area contributed by atoms with E-state index < -0.39 is 0 Å². The molecule has 0 bridgehead atoms. The standard InChI is InChI=1S/C16H16N4OS2/c21-14(17-16-19-18-15(23-16)11-3-4-11)9-13(12-5-8-22-10-12)20-6-1-2-7-20/h1-2,5-8,10-11,13H,3-4,9H2,(H,17,19,21)/t13-/m1/s1. The van der Waals surface area contributed by atoms with Gasteiger partial charge in [0.25, 0.3) is 0 Å². The highest BCUT2D eigenvalue weighted by Crippen LogP contribution is 2.42. The second-order valence-corrected chi connectivity index (χ2v) is 7.46. The Morgan fingerprint density at radius 2 is 2.17 bits per heavy atom. The highest BCUT2D eigenvalue weighted by molar-refractivity contribution is 7.15. The number of nitrogens with zero attached hydrogens (tertiary/aromatic N) is 3. The van der Waals surface area contributed by atoms with Crippen LogP contribution in [0, 0.1) is 0 Å². The molecule has 0 saturated heterocycles. The van der Waals surface area contributed by atoms with E-state index in [0.717, 1.165) is 10.6 Å². The molecule has 0 radical (unpaired) electrons. The van der Waals surface area contributed by atoms with Crippen LogP contribution in [0.4, 0.5) is 5.13 Å². The van der Waals surface area contributed by atoms with Gasteiger partial charge in [-0.15, -0.1) is 10.2 Å². The average molecular weight is 344 g/mol. The smallest absolute Gasteiger partial charge is 0.228 e. The summed E-state index contributed by atoms with van der Waals surface area (Å²) in [6, 6.07) is 6.03. The average Bonchev–Trinajstić information content (AvgIpc) is 3.03. The van der Waals surface area contributed by atoms with Crippen molar-refractivity contribution in [1.82, 2.24) is 14.8 Å². The quantitative estimate of drug-likeness (QED) is 0.738. The molecule has 4 rings (SSSR count). The maximum atomic E-state index is 12.4. The summed E-state index contributed by atoms with van der Waals surface area (Å²) in [5.74, 6) is 0.532. The summed E-state index contributed by atoms with van der Waals surface area (Å²) < 4.78 is 2.07. The molecule has 1 amide bonds. The van der Waals surface area contributed by atoms with Gasteiger partial charge in [-0.25, -0.2) is 0 Å². The molecule has 23 heavy (non-hydrogen) atoms. The monoisotopic (exact) mass is 344 g/mol. The second kappa shape index (κ2) is 6.25. The Morgan fingerprint density at radius 3 is 2.87 bits per heavy atom. The minimum Gasteiger partial charge on any atom is -0.346 e. The molecule has 1 fully saturated rings. The van der Waals surface area contributed by atoms with Crippen LogP contribution >= 0.6 is 22.7 Å². The van der Waals surface area contributed by atoms with Gasteiger partial charge in [0.05, 0.1) is 12.5 Å². The maximum absolute atomic E-state index is 12.4. The van der Waals surface area contributed by atoms with Crippen LogP contribution in [0.2, 0.25) is 0 Å². The van der Waals surface area contributed by atoms with Crippen molar-refractivity contribution < 1.29 is 4.79 Å². The van der Waals surface area contributed by atoms with E-state index in [1.807, 2.05) is 29.9 Å². The second-order valence-electron chi connectivity index (χ2n) is 5.67. The largest absolute Gasteiger partial charge is 0.346 e. The number of hydrogen-bond acceptors (Lipinski definition) is 5. The van der Waals surface area contributed by atoms with Crippen LogP contribution in [0.5, 0.6) is 0 Å². The number of carbonyl (C=O) groups is 1. The molecule has 0 unspecified atom stereocenters. The van der Waals surface area contributed by atoms with Crippen molar-refractivity contribution in [1.29, 1.82) is 0 Å². The van der Waals surface area contributed by atoms with Gasteiger partial charge in [0.2, 0.25) is 11.0 Å². The minimum absolute atomic E-state index is 0.00655. The lowest BCUT2D eigenvalue weighted by atomic mass is 10.1. The third-order valence-electron chi connectivity index (χ3n) is 3.91. The minimum atomic E-state index is -0.0339. The maximum Gasteiger partial charge on any atom is 0.228 e. The van der Waals surface area contributed by atoms with Gasteiger partial charge in [-0.2, -0.15) is 11.3 Å². The topological polar surface area (TPSA) is 59.8 Å². The number of carbonyl (C=O) groups excluding carboxylic acids is 1. The highest BCUT2D eigenvalue weighted by atomic mass is 32.1. The number of aromatic nitrogens is 3. The fourth-order valence-corrected chi connectivity index (χ4v) is 4.18. The van der Waals surface area contributed by atoms with Gasteiger partial charge in [-0.1, -0.05) is 11.3 Å². The number of hydrogen-bond donors (Lipinski definition) is 1. The Kier molecular flexibility index (Phi) is 3.97. The molecular weight excluding hydrogens is 328 g/mol. The Morgan fingerprint density at radius 1 is 1.35 bits per heavy atom. The number of nitrogens with one attached hydrogen (secondary N) is 1. The first-order chi connectivity index (χ1) is 11.3. The normalized spacial score (nSPS) is 15.5. The molecule has 1 aliphatic carbocycles. The zero-order valence-corrected chi connectivity index (χ0v) is 14.0. The molecular formula is C16H16N4OS2. The fraction of sp³-hybridized carbons (Fsp3) is 0.312. The lowest BCUT2D eigenvalue weighted by molar-refractivity contribution is -0.116. The molecule has 0 aromatic carbocycles. The zero-order chi connectivity index (χ0) is 15.6. The molecule has 7 heteroatoms. The van der Waals surface area contributed by atoms with Crippen LogP contribution in [0.3, 0.4) is 0 Å². The first kappa shape index (κ1) is 14.6. The van der Waals surface area contributed by atoms with E-state index in [-0.39, 0.29) is 11.9 Å². The van der Waals surface area contributed by atoms with Crippen LogP contribution in [0.15, 0.2) is 41.4 Å².